The second-order valence-electron chi connectivity index (χ2n) is 8.69. The van der Waals surface area contributed by atoms with E-state index in [4.69, 9.17) is 9.84 Å². The SMILES string of the molecule is COc1ccccc1/C=C1/N=C(c2ccccc2)N(/N=C2/CC(C)=CC(C)(C)C2)C1=O. The molecule has 0 N–H and O–H groups in total. The molecule has 2 aliphatic rings. The predicted molar refractivity (Wildman–Crippen MR) is 125 cm³/mol. The molecular formula is C26H27N3O2. The molecule has 1 heterocycles. The van der Waals surface area contributed by atoms with Gasteiger partial charge in [-0.05, 0) is 30.9 Å². The summed E-state index contributed by atoms with van der Waals surface area (Å²) in [6, 6.07) is 17.3. The number of nitrogens with zero attached hydrogens (tertiary/aromatic N) is 3. The van der Waals surface area contributed by atoms with E-state index in [1.807, 2.05) is 54.6 Å². The summed E-state index contributed by atoms with van der Waals surface area (Å²) >= 11 is 0. The highest BCUT2D eigenvalue weighted by molar-refractivity contribution is 6.20. The van der Waals surface area contributed by atoms with Crippen molar-refractivity contribution < 1.29 is 9.53 Å². The monoisotopic (exact) mass is 413 g/mol. The Bertz CT molecular complexity index is 1120. The van der Waals surface area contributed by atoms with E-state index in [0.29, 0.717) is 17.3 Å². The molecule has 0 unspecified atom stereocenters. The van der Waals surface area contributed by atoms with E-state index in [2.05, 4.69) is 31.8 Å². The molecule has 0 fully saturated rings. The summed E-state index contributed by atoms with van der Waals surface area (Å²) in [5.74, 6) is 1.00. The Kier molecular flexibility index (Phi) is 5.59. The summed E-state index contributed by atoms with van der Waals surface area (Å²) in [6.45, 7) is 6.49. The number of hydrazone groups is 1. The van der Waals surface area contributed by atoms with E-state index >= 15 is 0 Å². The summed E-state index contributed by atoms with van der Waals surface area (Å²) in [7, 11) is 1.62. The highest BCUT2D eigenvalue weighted by Crippen LogP contribution is 2.33. The number of carbonyl (C=O) groups excluding carboxylic acids is 1. The van der Waals surface area contributed by atoms with Crippen molar-refractivity contribution in [3.8, 4) is 5.75 Å². The average Bonchev–Trinajstić information content (AvgIpc) is 3.03. The number of ether oxygens (including phenoxy) is 1. The van der Waals surface area contributed by atoms with E-state index in [1.54, 1.807) is 13.2 Å². The standard InChI is InChI=1S/C26H27N3O2/c1-18-14-21(17-26(2,3)16-18)28-29-24(19-10-6-5-7-11-19)27-22(25(29)30)15-20-12-8-9-13-23(20)31-4/h5-13,15-16H,14,17H2,1-4H3/b22-15+,28-21-. The molecule has 1 amide bonds. The van der Waals surface area contributed by atoms with Crippen LogP contribution in [0.3, 0.4) is 0 Å². The number of aliphatic imine (C=N–C) groups is 1. The lowest BCUT2D eigenvalue weighted by atomic mass is 9.79. The molecular weight excluding hydrogens is 386 g/mol. The molecule has 0 atom stereocenters. The van der Waals surface area contributed by atoms with Gasteiger partial charge in [-0.25, -0.2) is 4.99 Å². The Hall–Kier alpha value is -3.47. The zero-order valence-corrected chi connectivity index (χ0v) is 18.4. The minimum absolute atomic E-state index is 0.0179. The number of para-hydroxylation sites is 1. The van der Waals surface area contributed by atoms with Crippen molar-refractivity contribution in [3.63, 3.8) is 0 Å². The smallest absolute Gasteiger partial charge is 0.298 e. The van der Waals surface area contributed by atoms with Crippen molar-refractivity contribution in [2.75, 3.05) is 7.11 Å². The van der Waals surface area contributed by atoms with Crippen LogP contribution in [-0.4, -0.2) is 29.6 Å². The number of hydrogen-bond donors (Lipinski definition) is 0. The quantitative estimate of drug-likeness (QED) is 0.494. The summed E-state index contributed by atoms with van der Waals surface area (Å²) in [6.07, 6.45) is 5.62. The highest BCUT2D eigenvalue weighted by Gasteiger charge is 2.33. The van der Waals surface area contributed by atoms with Gasteiger partial charge in [0, 0.05) is 23.3 Å². The topological polar surface area (TPSA) is 54.3 Å². The third kappa shape index (κ3) is 4.50. The molecule has 0 saturated carbocycles. The summed E-state index contributed by atoms with van der Waals surface area (Å²) in [5, 5.41) is 6.27. The molecule has 5 heteroatoms. The third-order valence-corrected chi connectivity index (χ3v) is 5.32. The summed E-state index contributed by atoms with van der Waals surface area (Å²) in [4.78, 5) is 18.1. The Morgan fingerprint density at radius 2 is 1.81 bits per heavy atom. The Morgan fingerprint density at radius 1 is 1.10 bits per heavy atom. The number of carbonyl (C=O) groups is 1. The van der Waals surface area contributed by atoms with E-state index in [0.717, 1.165) is 29.7 Å². The fourth-order valence-electron chi connectivity index (χ4n) is 4.20. The number of amides is 1. The largest absolute Gasteiger partial charge is 0.496 e. The summed E-state index contributed by atoms with van der Waals surface area (Å²) in [5.41, 5.74) is 4.27. The van der Waals surface area contributed by atoms with Crippen LogP contribution in [-0.2, 0) is 4.79 Å². The molecule has 158 valence electrons. The van der Waals surface area contributed by atoms with Gasteiger partial charge in [0.25, 0.3) is 5.91 Å². The lowest BCUT2D eigenvalue weighted by molar-refractivity contribution is -0.122. The molecule has 4 rings (SSSR count). The average molecular weight is 414 g/mol. The second kappa shape index (κ2) is 8.34. The Morgan fingerprint density at radius 3 is 2.52 bits per heavy atom. The number of rotatable bonds is 4. The van der Waals surface area contributed by atoms with Gasteiger partial charge in [0.2, 0.25) is 0 Å². The maximum atomic E-state index is 13.4. The second-order valence-corrected chi connectivity index (χ2v) is 8.69. The van der Waals surface area contributed by atoms with Crippen LogP contribution in [0.15, 0.2) is 82.0 Å². The fraction of sp³-hybridized carbons (Fsp3) is 0.269. The van der Waals surface area contributed by atoms with Crippen LogP contribution in [0.4, 0.5) is 0 Å². The van der Waals surface area contributed by atoms with Crippen LogP contribution in [0.1, 0.15) is 44.7 Å². The van der Waals surface area contributed by atoms with Crippen molar-refractivity contribution in [2.45, 2.75) is 33.6 Å². The molecule has 0 spiro atoms. The van der Waals surface area contributed by atoms with Gasteiger partial charge in [0.1, 0.15) is 11.4 Å². The maximum Gasteiger partial charge on any atom is 0.298 e. The normalized spacial score (nSPS) is 20.8. The maximum absolute atomic E-state index is 13.4. The first-order valence-corrected chi connectivity index (χ1v) is 10.4. The highest BCUT2D eigenvalue weighted by atomic mass is 16.5. The summed E-state index contributed by atoms with van der Waals surface area (Å²) < 4.78 is 5.43. The first-order chi connectivity index (χ1) is 14.9. The van der Waals surface area contributed by atoms with Gasteiger partial charge in [-0.3, -0.25) is 4.79 Å². The molecule has 2 aromatic carbocycles. The number of amidine groups is 1. The van der Waals surface area contributed by atoms with E-state index in [-0.39, 0.29) is 11.3 Å². The van der Waals surface area contributed by atoms with Crippen molar-refractivity contribution in [3.05, 3.63) is 83.1 Å². The minimum Gasteiger partial charge on any atom is -0.496 e. The van der Waals surface area contributed by atoms with Crippen LogP contribution >= 0.6 is 0 Å². The van der Waals surface area contributed by atoms with Gasteiger partial charge in [0.05, 0.1) is 7.11 Å². The lowest BCUT2D eigenvalue weighted by Crippen LogP contribution is -2.31. The van der Waals surface area contributed by atoms with Crippen LogP contribution in [0, 0.1) is 5.41 Å². The van der Waals surface area contributed by atoms with Crippen molar-refractivity contribution in [1.29, 1.82) is 0 Å². The van der Waals surface area contributed by atoms with Gasteiger partial charge in [0.15, 0.2) is 5.84 Å². The Labute approximate surface area is 183 Å². The van der Waals surface area contributed by atoms with Crippen LogP contribution in [0.25, 0.3) is 6.08 Å². The molecule has 0 bridgehead atoms. The third-order valence-electron chi connectivity index (χ3n) is 5.32. The molecule has 31 heavy (non-hydrogen) atoms. The first kappa shape index (κ1) is 20.8. The lowest BCUT2D eigenvalue weighted by Gasteiger charge is -2.28. The van der Waals surface area contributed by atoms with Crippen molar-refractivity contribution in [1.82, 2.24) is 5.01 Å². The van der Waals surface area contributed by atoms with Gasteiger partial charge in [-0.15, -0.1) is 0 Å². The van der Waals surface area contributed by atoms with E-state index < -0.39 is 0 Å². The van der Waals surface area contributed by atoms with Gasteiger partial charge >= 0.3 is 0 Å². The fourth-order valence-corrected chi connectivity index (χ4v) is 4.20. The first-order valence-electron chi connectivity index (χ1n) is 10.4. The van der Waals surface area contributed by atoms with E-state index in [1.165, 1.54) is 10.6 Å². The van der Waals surface area contributed by atoms with Crippen LogP contribution in [0.5, 0.6) is 5.75 Å². The number of methoxy groups -OCH3 is 1. The number of allylic oxidation sites excluding steroid dienone is 2. The molecule has 1 aliphatic heterocycles. The van der Waals surface area contributed by atoms with Crippen molar-refractivity contribution >= 4 is 23.5 Å². The molecule has 5 nitrogen and oxygen atoms in total. The van der Waals surface area contributed by atoms with Crippen LogP contribution < -0.4 is 4.74 Å². The van der Waals surface area contributed by atoms with Gasteiger partial charge in [-0.1, -0.05) is 74.0 Å². The molecule has 0 saturated heterocycles. The molecule has 1 aliphatic carbocycles. The number of benzene rings is 2. The zero-order chi connectivity index (χ0) is 22.0. The molecule has 2 aromatic rings. The molecule has 0 radical (unpaired) electrons. The minimum atomic E-state index is -0.234. The van der Waals surface area contributed by atoms with Gasteiger partial charge in [-0.2, -0.15) is 10.1 Å². The molecule has 0 aromatic heterocycles. The van der Waals surface area contributed by atoms with Crippen molar-refractivity contribution in [2.24, 2.45) is 15.5 Å². The predicted octanol–water partition coefficient (Wildman–Crippen LogP) is 5.45. The van der Waals surface area contributed by atoms with Crippen LogP contribution in [0.2, 0.25) is 0 Å². The number of hydrogen-bond acceptors (Lipinski definition) is 4. The van der Waals surface area contributed by atoms with Gasteiger partial charge < -0.3 is 4.74 Å². The Balaban J connectivity index is 1.77. The van der Waals surface area contributed by atoms with E-state index in [9.17, 15) is 4.79 Å². The zero-order valence-electron chi connectivity index (χ0n) is 18.4.